The average Bonchev–Trinajstić information content (AvgIpc) is 2.28. The van der Waals surface area contributed by atoms with Crippen molar-refractivity contribution in [2.45, 2.75) is 13.3 Å². The summed E-state index contributed by atoms with van der Waals surface area (Å²) >= 11 is 1.64. The molecule has 0 saturated carbocycles. The number of methoxy groups -OCH3 is 1. The minimum absolute atomic E-state index is 0.654. The third-order valence-electron chi connectivity index (χ3n) is 1.40. The number of thiazole rings is 1. The molecule has 0 atom stereocenters. The van der Waals surface area contributed by atoms with Crippen molar-refractivity contribution in [3.8, 4) is 0 Å². The van der Waals surface area contributed by atoms with E-state index in [1.807, 2.05) is 6.92 Å². The van der Waals surface area contributed by atoms with Gasteiger partial charge in [0.2, 0.25) is 0 Å². The molecule has 0 saturated heterocycles. The van der Waals surface area contributed by atoms with Gasteiger partial charge in [0.15, 0.2) is 0 Å². The molecule has 1 rings (SSSR count). The quantitative estimate of drug-likeness (QED) is 0.745. The van der Waals surface area contributed by atoms with E-state index in [2.05, 4.69) is 4.98 Å². The summed E-state index contributed by atoms with van der Waals surface area (Å²) in [7, 11) is 1.68. The number of aryl methyl sites for hydroxylation is 1. The van der Waals surface area contributed by atoms with E-state index < -0.39 is 0 Å². The smallest absolute Gasteiger partial charge is 0.137 e. The van der Waals surface area contributed by atoms with Gasteiger partial charge < -0.3 is 10.5 Å². The van der Waals surface area contributed by atoms with Crippen LogP contribution in [0.25, 0.3) is 0 Å². The van der Waals surface area contributed by atoms with Crippen molar-refractivity contribution in [3.63, 3.8) is 0 Å². The Balaban J connectivity index is 2.58. The number of aromatic nitrogens is 1. The lowest BCUT2D eigenvalue weighted by atomic mass is 10.5. The molecular weight excluding hydrogens is 160 g/mol. The number of anilines is 1. The SMILES string of the molecule is COCCc1nc(N)c(C)s1. The van der Waals surface area contributed by atoms with Crippen molar-refractivity contribution < 1.29 is 4.74 Å². The summed E-state index contributed by atoms with van der Waals surface area (Å²) < 4.78 is 4.92. The summed E-state index contributed by atoms with van der Waals surface area (Å²) in [5, 5.41) is 1.06. The third kappa shape index (κ3) is 2.17. The molecule has 0 aliphatic rings. The molecule has 3 nitrogen and oxygen atoms in total. The predicted molar refractivity (Wildman–Crippen MR) is 46.8 cm³/mol. The maximum atomic E-state index is 5.57. The zero-order chi connectivity index (χ0) is 8.27. The number of hydrogen-bond donors (Lipinski definition) is 1. The second kappa shape index (κ2) is 3.69. The predicted octanol–water partition coefficient (Wildman–Crippen LogP) is 1.22. The van der Waals surface area contributed by atoms with Crippen molar-refractivity contribution in [1.29, 1.82) is 0 Å². The molecule has 1 aromatic heterocycles. The molecular formula is C7H12N2OS. The van der Waals surface area contributed by atoms with Crippen LogP contribution >= 0.6 is 11.3 Å². The summed E-state index contributed by atoms with van der Waals surface area (Å²) in [5.74, 6) is 0.654. The van der Waals surface area contributed by atoms with Gasteiger partial charge in [0.05, 0.1) is 11.6 Å². The van der Waals surface area contributed by atoms with Crippen molar-refractivity contribution in [1.82, 2.24) is 4.98 Å². The topological polar surface area (TPSA) is 48.1 Å². The van der Waals surface area contributed by atoms with Gasteiger partial charge in [0.1, 0.15) is 5.82 Å². The van der Waals surface area contributed by atoms with Crippen LogP contribution in [0, 0.1) is 6.92 Å². The monoisotopic (exact) mass is 172 g/mol. The van der Waals surface area contributed by atoms with Gasteiger partial charge in [0.25, 0.3) is 0 Å². The van der Waals surface area contributed by atoms with E-state index in [4.69, 9.17) is 10.5 Å². The van der Waals surface area contributed by atoms with Crippen molar-refractivity contribution >= 4 is 17.2 Å². The first-order valence-electron chi connectivity index (χ1n) is 3.44. The minimum atomic E-state index is 0.654. The highest BCUT2D eigenvalue weighted by molar-refractivity contribution is 7.12. The van der Waals surface area contributed by atoms with Crippen LogP contribution in [0.5, 0.6) is 0 Å². The highest BCUT2D eigenvalue weighted by atomic mass is 32.1. The third-order valence-corrected chi connectivity index (χ3v) is 2.44. The van der Waals surface area contributed by atoms with Crippen LogP contribution in [-0.4, -0.2) is 18.7 Å². The normalized spacial score (nSPS) is 10.4. The number of ether oxygens (including phenoxy) is 1. The summed E-state index contributed by atoms with van der Waals surface area (Å²) in [4.78, 5) is 5.26. The summed E-state index contributed by atoms with van der Waals surface area (Å²) in [6, 6.07) is 0. The van der Waals surface area contributed by atoms with Crippen LogP contribution in [0.15, 0.2) is 0 Å². The molecule has 0 fully saturated rings. The Bertz CT molecular complexity index is 215. The van der Waals surface area contributed by atoms with Gasteiger partial charge in [-0.15, -0.1) is 11.3 Å². The van der Waals surface area contributed by atoms with Gasteiger partial charge in [-0.25, -0.2) is 4.98 Å². The molecule has 11 heavy (non-hydrogen) atoms. The van der Waals surface area contributed by atoms with Gasteiger partial charge in [-0.2, -0.15) is 0 Å². The molecule has 0 radical (unpaired) electrons. The van der Waals surface area contributed by atoms with Crippen molar-refractivity contribution in [2.75, 3.05) is 19.5 Å². The number of nitrogens with two attached hydrogens (primary N) is 1. The molecule has 4 heteroatoms. The van der Waals surface area contributed by atoms with E-state index in [0.29, 0.717) is 12.4 Å². The lowest BCUT2D eigenvalue weighted by Crippen LogP contribution is -1.94. The Morgan fingerprint density at radius 1 is 1.64 bits per heavy atom. The average molecular weight is 172 g/mol. The Hall–Kier alpha value is -0.610. The summed E-state index contributed by atoms with van der Waals surface area (Å²) in [6.45, 7) is 2.69. The Kier molecular flexibility index (Phi) is 2.84. The fourth-order valence-electron chi connectivity index (χ4n) is 0.761. The molecule has 0 spiro atoms. The molecule has 0 unspecified atom stereocenters. The molecule has 62 valence electrons. The zero-order valence-electron chi connectivity index (χ0n) is 6.76. The second-order valence-electron chi connectivity index (χ2n) is 2.29. The Morgan fingerprint density at radius 2 is 2.36 bits per heavy atom. The van der Waals surface area contributed by atoms with E-state index in [-0.39, 0.29) is 0 Å². The second-order valence-corrected chi connectivity index (χ2v) is 3.58. The van der Waals surface area contributed by atoms with Crippen LogP contribution < -0.4 is 5.73 Å². The van der Waals surface area contributed by atoms with E-state index in [1.54, 1.807) is 18.4 Å². The van der Waals surface area contributed by atoms with Crippen LogP contribution in [0.4, 0.5) is 5.82 Å². The zero-order valence-corrected chi connectivity index (χ0v) is 7.57. The molecule has 2 N–H and O–H groups in total. The number of nitrogen functional groups attached to an aromatic ring is 1. The van der Waals surface area contributed by atoms with Crippen LogP contribution in [-0.2, 0) is 11.2 Å². The number of hydrogen-bond acceptors (Lipinski definition) is 4. The molecule has 0 aliphatic heterocycles. The van der Waals surface area contributed by atoms with Crippen LogP contribution in [0.1, 0.15) is 9.88 Å². The first-order valence-corrected chi connectivity index (χ1v) is 4.26. The largest absolute Gasteiger partial charge is 0.384 e. The van der Waals surface area contributed by atoms with Gasteiger partial charge in [-0.3, -0.25) is 0 Å². The number of rotatable bonds is 3. The highest BCUT2D eigenvalue weighted by Gasteiger charge is 2.02. The first-order chi connectivity index (χ1) is 5.24. The molecule has 1 heterocycles. The highest BCUT2D eigenvalue weighted by Crippen LogP contribution is 2.18. The van der Waals surface area contributed by atoms with Gasteiger partial charge in [-0.1, -0.05) is 0 Å². The van der Waals surface area contributed by atoms with Crippen LogP contribution in [0.2, 0.25) is 0 Å². The maximum Gasteiger partial charge on any atom is 0.137 e. The van der Waals surface area contributed by atoms with Gasteiger partial charge in [-0.05, 0) is 6.92 Å². The fourth-order valence-corrected chi connectivity index (χ4v) is 1.59. The summed E-state index contributed by atoms with van der Waals surface area (Å²) in [6.07, 6.45) is 0.860. The van der Waals surface area contributed by atoms with Gasteiger partial charge >= 0.3 is 0 Å². The standard InChI is InChI=1S/C7H12N2OS/c1-5-7(8)9-6(11-5)3-4-10-2/h3-4,8H2,1-2H3. The van der Waals surface area contributed by atoms with Crippen molar-refractivity contribution in [3.05, 3.63) is 9.88 Å². The van der Waals surface area contributed by atoms with E-state index in [0.717, 1.165) is 16.3 Å². The molecule has 0 bridgehead atoms. The Morgan fingerprint density at radius 3 is 2.82 bits per heavy atom. The maximum absolute atomic E-state index is 5.57. The van der Waals surface area contributed by atoms with E-state index in [1.165, 1.54) is 0 Å². The molecule has 0 aromatic carbocycles. The van der Waals surface area contributed by atoms with E-state index in [9.17, 15) is 0 Å². The number of nitrogens with zero attached hydrogens (tertiary/aromatic N) is 1. The molecule has 0 aliphatic carbocycles. The summed E-state index contributed by atoms with van der Waals surface area (Å²) in [5.41, 5.74) is 5.57. The fraction of sp³-hybridized carbons (Fsp3) is 0.571. The lowest BCUT2D eigenvalue weighted by Gasteiger charge is -1.91. The lowest BCUT2D eigenvalue weighted by molar-refractivity contribution is 0.202. The molecule has 1 aromatic rings. The van der Waals surface area contributed by atoms with Crippen molar-refractivity contribution in [2.24, 2.45) is 0 Å². The molecule has 0 amide bonds. The first kappa shape index (κ1) is 8.49. The van der Waals surface area contributed by atoms with E-state index >= 15 is 0 Å². The van der Waals surface area contributed by atoms with Gasteiger partial charge in [0, 0.05) is 18.4 Å². The minimum Gasteiger partial charge on any atom is -0.384 e. The Labute approximate surface area is 70.2 Å². The van der Waals surface area contributed by atoms with Crippen LogP contribution in [0.3, 0.4) is 0 Å².